The Bertz CT molecular complexity index is 1120. The summed E-state index contributed by atoms with van der Waals surface area (Å²) >= 11 is 1.90. The molecular formula is C22H19F3IN3O4. The van der Waals surface area contributed by atoms with E-state index >= 15 is 0 Å². The van der Waals surface area contributed by atoms with Gasteiger partial charge in [0.1, 0.15) is 5.82 Å². The van der Waals surface area contributed by atoms with Gasteiger partial charge in [-0.25, -0.2) is 18.7 Å². The van der Waals surface area contributed by atoms with Gasteiger partial charge in [-0.05, 0) is 65.1 Å². The van der Waals surface area contributed by atoms with Crippen molar-refractivity contribution in [2.24, 2.45) is 5.73 Å². The Labute approximate surface area is 200 Å². The molecule has 2 amide bonds. The summed E-state index contributed by atoms with van der Waals surface area (Å²) in [5.74, 6) is -4.47. The molecule has 0 aliphatic rings. The third-order valence-electron chi connectivity index (χ3n) is 3.95. The van der Waals surface area contributed by atoms with Crippen LogP contribution in [0.25, 0.3) is 0 Å². The van der Waals surface area contributed by atoms with Gasteiger partial charge in [-0.2, -0.15) is 0 Å². The maximum Gasteiger partial charge on any atom is 0.277 e. The fourth-order valence-corrected chi connectivity index (χ4v) is 2.86. The summed E-state index contributed by atoms with van der Waals surface area (Å²) in [6.07, 6.45) is 0. The average molecular weight is 573 g/mol. The number of hydrogen-bond acceptors (Lipinski definition) is 5. The molecule has 0 unspecified atom stereocenters. The van der Waals surface area contributed by atoms with Gasteiger partial charge in [-0.3, -0.25) is 14.4 Å². The molecule has 0 atom stereocenters. The second-order valence-electron chi connectivity index (χ2n) is 6.27. The molecule has 0 aromatic heterocycles. The first kappa shape index (κ1) is 26.1. The molecular weight excluding hydrogens is 554 g/mol. The molecule has 7 nitrogen and oxygen atoms in total. The number of primary amides is 1. The normalized spacial score (nSPS) is 10.1. The Balaban J connectivity index is 0.000000357. The van der Waals surface area contributed by atoms with Crippen LogP contribution in [0.15, 0.2) is 60.7 Å². The minimum atomic E-state index is -1.33. The number of aliphatic hydroxyl groups is 1. The smallest absolute Gasteiger partial charge is 0.277 e. The van der Waals surface area contributed by atoms with Crippen molar-refractivity contribution in [3.63, 3.8) is 0 Å². The minimum absolute atomic E-state index is 0.120. The van der Waals surface area contributed by atoms with Gasteiger partial charge in [-0.1, -0.05) is 18.2 Å². The van der Waals surface area contributed by atoms with Crippen molar-refractivity contribution < 1.29 is 32.7 Å². The number of rotatable bonds is 7. The third kappa shape index (κ3) is 7.73. The molecule has 0 spiro atoms. The monoisotopic (exact) mass is 573 g/mol. The van der Waals surface area contributed by atoms with Crippen molar-refractivity contribution in [3.05, 3.63) is 92.8 Å². The van der Waals surface area contributed by atoms with Crippen molar-refractivity contribution >= 4 is 45.8 Å². The lowest BCUT2D eigenvalue weighted by Gasteiger charge is -2.14. The van der Waals surface area contributed by atoms with Crippen LogP contribution in [-0.2, 0) is 4.84 Å². The first-order valence-electron chi connectivity index (χ1n) is 9.32. The fraction of sp³-hybridized carbons (Fsp3) is 0.0909. The molecule has 3 aromatic rings. The number of benzene rings is 3. The van der Waals surface area contributed by atoms with E-state index in [-0.39, 0.29) is 30.4 Å². The summed E-state index contributed by atoms with van der Waals surface area (Å²) in [6, 6.07) is 14.7. The Hall–Kier alpha value is -3.16. The van der Waals surface area contributed by atoms with Gasteiger partial charge >= 0.3 is 0 Å². The van der Waals surface area contributed by atoms with Crippen molar-refractivity contribution in [1.29, 1.82) is 0 Å². The number of hydroxylamine groups is 1. The molecule has 0 fully saturated rings. The molecule has 5 N–H and O–H groups in total. The lowest BCUT2D eigenvalue weighted by atomic mass is 10.1. The van der Waals surface area contributed by atoms with Crippen LogP contribution in [0, 0.1) is 21.0 Å². The van der Waals surface area contributed by atoms with Crippen LogP contribution in [0.5, 0.6) is 0 Å². The summed E-state index contributed by atoms with van der Waals surface area (Å²) in [7, 11) is 0. The Morgan fingerprint density at radius 1 is 1.00 bits per heavy atom. The number of amides is 2. The van der Waals surface area contributed by atoms with Gasteiger partial charge in [0.05, 0.1) is 30.2 Å². The van der Waals surface area contributed by atoms with Crippen LogP contribution in [0.2, 0.25) is 0 Å². The Morgan fingerprint density at radius 2 is 1.70 bits per heavy atom. The van der Waals surface area contributed by atoms with E-state index in [2.05, 4.69) is 10.2 Å². The van der Waals surface area contributed by atoms with Crippen molar-refractivity contribution in [2.75, 3.05) is 18.5 Å². The molecule has 174 valence electrons. The molecule has 0 radical (unpaired) electrons. The van der Waals surface area contributed by atoms with E-state index in [0.717, 1.165) is 12.1 Å². The van der Waals surface area contributed by atoms with Crippen molar-refractivity contribution in [2.45, 2.75) is 0 Å². The van der Waals surface area contributed by atoms with Crippen LogP contribution in [0.3, 0.4) is 0 Å². The highest BCUT2D eigenvalue weighted by atomic mass is 127. The number of aliphatic hydroxyl groups excluding tert-OH is 1. The van der Waals surface area contributed by atoms with E-state index in [1.807, 2.05) is 34.1 Å². The van der Waals surface area contributed by atoms with Crippen LogP contribution in [0.1, 0.15) is 20.7 Å². The van der Waals surface area contributed by atoms with Crippen LogP contribution < -0.4 is 16.5 Å². The van der Waals surface area contributed by atoms with Crippen LogP contribution >= 0.6 is 22.6 Å². The lowest BCUT2D eigenvalue weighted by Crippen LogP contribution is -2.26. The van der Waals surface area contributed by atoms with Gasteiger partial charge in [0, 0.05) is 9.13 Å². The molecule has 0 heterocycles. The molecule has 33 heavy (non-hydrogen) atoms. The fourth-order valence-electron chi connectivity index (χ4n) is 2.41. The maximum absolute atomic E-state index is 14.1. The second kappa shape index (κ2) is 12.8. The second-order valence-corrected chi connectivity index (χ2v) is 7.51. The minimum Gasteiger partial charge on any atom is -0.394 e. The van der Waals surface area contributed by atoms with Gasteiger partial charge in [0.25, 0.3) is 5.91 Å². The highest BCUT2D eigenvalue weighted by Crippen LogP contribution is 2.28. The number of carbonyl (C=O) groups excluding carboxylic acids is 2. The summed E-state index contributed by atoms with van der Waals surface area (Å²) in [5.41, 5.74) is 6.57. The number of nitrogens with two attached hydrogens (primary N) is 1. The topological polar surface area (TPSA) is 114 Å². The maximum atomic E-state index is 14.1. The summed E-state index contributed by atoms with van der Waals surface area (Å²) < 4.78 is 42.1. The number of hydrogen-bond donors (Lipinski definition) is 4. The molecule has 3 rings (SSSR count). The number of carbonyl (C=O) groups is 2. The number of nitrogens with one attached hydrogen (secondary N) is 2. The molecule has 0 saturated heterocycles. The first-order chi connectivity index (χ1) is 15.7. The SMILES string of the molecule is NC(=O)c1ccccc1.O=C(NOCCO)c1ccc(F)c(F)c1Nc1ccc(I)cc1F. The van der Waals surface area contributed by atoms with E-state index in [9.17, 15) is 22.8 Å². The van der Waals surface area contributed by atoms with E-state index in [0.29, 0.717) is 9.13 Å². The van der Waals surface area contributed by atoms with Gasteiger partial charge in [-0.15, -0.1) is 0 Å². The first-order valence-corrected chi connectivity index (χ1v) is 10.4. The largest absolute Gasteiger partial charge is 0.394 e. The molecule has 0 saturated carbocycles. The highest BCUT2D eigenvalue weighted by molar-refractivity contribution is 14.1. The van der Waals surface area contributed by atoms with E-state index < -0.39 is 29.0 Å². The van der Waals surface area contributed by atoms with E-state index in [4.69, 9.17) is 10.8 Å². The number of anilines is 2. The summed E-state index contributed by atoms with van der Waals surface area (Å²) in [6.45, 7) is -0.513. The average Bonchev–Trinajstić information content (AvgIpc) is 2.79. The zero-order valence-corrected chi connectivity index (χ0v) is 19.1. The standard InChI is InChI=1S/C15H12F3IN2O3.C7H7NO/c16-10-3-2-9(15(23)21-24-6-5-22)14(13(10)18)20-12-4-1-8(19)7-11(12)17;8-7(9)6-4-2-1-3-5-6/h1-4,7,20,22H,5-6H2,(H,21,23);1-5H,(H2,8,9). The highest BCUT2D eigenvalue weighted by Gasteiger charge is 2.20. The summed E-state index contributed by atoms with van der Waals surface area (Å²) in [4.78, 5) is 27.1. The number of halogens is 4. The van der Waals surface area contributed by atoms with E-state index in [1.54, 1.807) is 30.3 Å². The molecule has 11 heteroatoms. The van der Waals surface area contributed by atoms with Crippen LogP contribution in [-0.4, -0.2) is 30.1 Å². The lowest BCUT2D eigenvalue weighted by molar-refractivity contribution is 0.0168. The predicted molar refractivity (Wildman–Crippen MR) is 124 cm³/mol. The molecule has 0 bridgehead atoms. The van der Waals surface area contributed by atoms with Crippen molar-refractivity contribution in [1.82, 2.24) is 5.48 Å². The summed E-state index contributed by atoms with van der Waals surface area (Å²) in [5, 5.41) is 11.0. The predicted octanol–water partition coefficient (Wildman–Crippen LogP) is 3.89. The zero-order chi connectivity index (χ0) is 24.4. The van der Waals surface area contributed by atoms with Gasteiger partial charge < -0.3 is 16.2 Å². The molecule has 3 aromatic carbocycles. The van der Waals surface area contributed by atoms with E-state index in [1.165, 1.54) is 12.1 Å². The molecule has 0 aliphatic carbocycles. The van der Waals surface area contributed by atoms with Crippen molar-refractivity contribution in [3.8, 4) is 0 Å². The van der Waals surface area contributed by atoms with Gasteiger partial charge in [0.2, 0.25) is 5.91 Å². The third-order valence-corrected chi connectivity index (χ3v) is 4.62. The molecule has 0 aliphatic heterocycles. The Kier molecular flexibility index (Phi) is 10.1. The van der Waals surface area contributed by atoms with Crippen LogP contribution in [0.4, 0.5) is 24.5 Å². The Morgan fingerprint density at radius 3 is 2.27 bits per heavy atom. The quantitative estimate of drug-likeness (QED) is 0.195. The zero-order valence-electron chi connectivity index (χ0n) is 16.9. The van der Waals surface area contributed by atoms with Gasteiger partial charge in [0.15, 0.2) is 11.6 Å².